The standard InChI is InChI=1S/C10H13N3O3/c1-3-4-7(10(15)16)11-9(14)8-5-6(2)12-13-8/h3,5,7H,1,4H2,2H3,(H,11,14)(H,12,13)(H,15,16). The first-order chi connectivity index (χ1) is 7.54. The lowest BCUT2D eigenvalue weighted by atomic mass is 10.2. The van der Waals surface area contributed by atoms with Gasteiger partial charge in [-0.25, -0.2) is 4.79 Å². The summed E-state index contributed by atoms with van der Waals surface area (Å²) in [6.07, 6.45) is 1.61. The van der Waals surface area contributed by atoms with Gasteiger partial charge in [0, 0.05) is 5.69 Å². The second-order valence-electron chi connectivity index (χ2n) is 3.32. The molecule has 0 aliphatic rings. The first kappa shape index (κ1) is 12.0. The first-order valence-electron chi connectivity index (χ1n) is 4.71. The summed E-state index contributed by atoms with van der Waals surface area (Å²) in [5, 5.41) is 17.5. The van der Waals surface area contributed by atoms with Crippen molar-refractivity contribution in [1.82, 2.24) is 15.5 Å². The molecule has 0 saturated carbocycles. The topological polar surface area (TPSA) is 95.1 Å². The Morgan fingerprint density at radius 2 is 2.44 bits per heavy atom. The number of aliphatic carboxylic acids is 1. The molecule has 3 N–H and O–H groups in total. The third-order valence-electron chi connectivity index (χ3n) is 1.94. The van der Waals surface area contributed by atoms with Crippen LogP contribution in [-0.2, 0) is 4.79 Å². The molecule has 0 radical (unpaired) electrons. The van der Waals surface area contributed by atoms with Crippen molar-refractivity contribution in [3.8, 4) is 0 Å². The number of aromatic amines is 1. The van der Waals surface area contributed by atoms with Crippen LogP contribution in [0, 0.1) is 6.92 Å². The minimum Gasteiger partial charge on any atom is -0.480 e. The van der Waals surface area contributed by atoms with Crippen LogP contribution in [0.25, 0.3) is 0 Å². The van der Waals surface area contributed by atoms with Crippen molar-refractivity contribution in [2.24, 2.45) is 0 Å². The van der Waals surface area contributed by atoms with Gasteiger partial charge in [-0.05, 0) is 19.4 Å². The summed E-state index contributed by atoms with van der Waals surface area (Å²) in [5.74, 6) is -1.61. The first-order valence-corrected chi connectivity index (χ1v) is 4.71. The number of rotatable bonds is 5. The van der Waals surface area contributed by atoms with Crippen molar-refractivity contribution in [2.75, 3.05) is 0 Å². The number of carbonyl (C=O) groups is 2. The van der Waals surface area contributed by atoms with Gasteiger partial charge in [-0.3, -0.25) is 9.89 Å². The number of aryl methyl sites for hydroxylation is 1. The summed E-state index contributed by atoms with van der Waals surface area (Å²) in [7, 11) is 0. The minimum atomic E-state index is -1.10. The molecule has 0 spiro atoms. The molecule has 0 fully saturated rings. The normalized spacial score (nSPS) is 11.8. The zero-order valence-electron chi connectivity index (χ0n) is 8.86. The highest BCUT2D eigenvalue weighted by Gasteiger charge is 2.20. The highest BCUT2D eigenvalue weighted by atomic mass is 16.4. The maximum Gasteiger partial charge on any atom is 0.326 e. The molecule has 1 aromatic rings. The lowest BCUT2D eigenvalue weighted by Gasteiger charge is -2.10. The molecular weight excluding hydrogens is 210 g/mol. The second kappa shape index (κ2) is 5.11. The molecule has 6 nitrogen and oxygen atoms in total. The van der Waals surface area contributed by atoms with Gasteiger partial charge in [-0.2, -0.15) is 5.10 Å². The van der Waals surface area contributed by atoms with E-state index in [0.717, 1.165) is 5.69 Å². The summed E-state index contributed by atoms with van der Waals surface area (Å²) in [5.41, 5.74) is 0.911. The number of hydrogen-bond donors (Lipinski definition) is 3. The summed E-state index contributed by atoms with van der Waals surface area (Å²) >= 11 is 0. The maximum absolute atomic E-state index is 11.6. The summed E-state index contributed by atoms with van der Waals surface area (Å²) in [4.78, 5) is 22.3. The largest absolute Gasteiger partial charge is 0.480 e. The number of carboxylic acids is 1. The van der Waals surface area contributed by atoms with Crippen LogP contribution < -0.4 is 5.32 Å². The van der Waals surface area contributed by atoms with E-state index in [0.29, 0.717) is 0 Å². The van der Waals surface area contributed by atoms with Crippen molar-refractivity contribution in [3.63, 3.8) is 0 Å². The molecule has 0 aromatic carbocycles. The van der Waals surface area contributed by atoms with Crippen molar-refractivity contribution in [2.45, 2.75) is 19.4 Å². The molecule has 86 valence electrons. The molecule has 0 aliphatic heterocycles. The van der Waals surface area contributed by atoms with Crippen LogP contribution in [-0.4, -0.2) is 33.2 Å². The summed E-state index contributed by atoms with van der Waals surface area (Å²) < 4.78 is 0. The van der Waals surface area contributed by atoms with E-state index in [2.05, 4.69) is 22.1 Å². The van der Waals surface area contributed by atoms with E-state index < -0.39 is 17.9 Å². The van der Waals surface area contributed by atoms with Gasteiger partial charge in [-0.15, -0.1) is 6.58 Å². The average Bonchev–Trinajstić information content (AvgIpc) is 2.64. The Morgan fingerprint density at radius 3 is 2.88 bits per heavy atom. The van der Waals surface area contributed by atoms with Crippen molar-refractivity contribution >= 4 is 11.9 Å². The van der Waals surface area contributed by atoms with Crippen molar-refractivity contribution in [1.29, 1.82) is 0 Å². The molecule has 0 bridgehead atoms. The van der Waals surface area contributed by atoms with Gasteiger partial charge in [0.05, 0.1) is 0 Å². The van der Waals surface area contributed by atoms with E-state index in [1.54, 1.807) is 13.0 Å². The van der Waals surface area contributed by atoms with Gasteiger partial charge in [0.1, 0.15) is 11.7 Å². The number of aromatic nitrogens is 2. The van der Waals surface area contributed by atoms with Crippen LogP contribution in [0.2, 0.25) is 0 Å². The van der Waals surface area contributed by atoms with E-state index in [-0.39, 0.29) is 12.1 Å². The van der Waals surface area contributed by atoms with Crippen LogP contribution in [0.15, 0.2) is 18.7 Å². The van der Waals surface area contributed by atoms with Gasteiger partial charge < -0.3 is 10.4 Å². The molecule has 0 aliphatic carbocycles. The van der Waals surface area contributed by atoms with E-state index in [4.69, 9.17) is 5.11 Å². The Kier molecular flexibility index (Phi) is 3.82. The van der Waals surface area contributed by atoms with Crippen molar-refractivity contribution in [3.05, 3.63) is 30.1 Å². The lowest BCUT2D eigenvalue weighted by Crippen LogP contribution is -2.40. The quantitative estimate of drug-likeness (QED) is 0.632. The van der Waals surface area contributed by atoms with Crippen LogP contribution in [0.3, 0.4) is 0 Å². The van der Waals surface area contributed by atoms with Crippen molar-refractivity contribution < 1.29 is 14.7 Å². The Hall–Kier alpha value is -2.11. The zero-order valence-corrected chi connectivity index (χ0v) is 8.86. The SMILES string of the molecule is C=CCC(NC(=O)c1cc(C)[nH]n1)C(=O)O. The number of hydrogen-bond acceptors (Lipinski definition) is 3. The Balaban J connectivity index is 2.68. The number of nitrogens with one attached hydrogen (secondary N) is 2. The van der Waals surface area contributed by atoms with Crippen LogP contribution in [0.4, 0.5) is 0 Å². The second-order valence-corrected chi connectivity index (χ2v) is 3.32. The highest BCUT2D eigenvalue weighted by molar-refractivity contribution is 5.95. The van der Waals surface area contributed by atoms with E-state index in [1.165, 1.54) is 6.08 Å². The molecule has 1 unspecified atom stereocenters. The summed E-state index contributed by atoms with van der Waals surface area (Å²) in [6.45, 7) is 5.18. The molecule has 1 amide bonds. The third kappa shape index (κ3) is 2.94. The number of carboxylic acid groups (broad SMARTS) is 1. The Labute approximate surface area is 92.4 Å². The number of amides is 1. The zero-order chi connectivity index (χ0) is 12.1. The molecule has 16 heavy (non-hydrogen) atoms. The maximum atomic E-state index is 11.6. The van der Waals surface area contributed by atoms with Gasteiger partial charge in [0.15, 0.2) is 0 Å². The molecule has 1 rings (SSSR count). The fourth-order valence-corrected chi connectivity index (χ4v) is 1.15. The van der Waals surface area contributed by atoms with Gasteiger partial charge in [0.2, 0.25) is 0 Å². The Morgan fingerprint density at radius 1 is 1.75 bits per heavy atom. The third-order valence-corrected chi connectivity index (χ3v) is 1.94. The fraction of sp³-hybridized carbons (Fsp3) is 0.300. The van der Waals surface area contributed by atoms with Crippen LogP contribution in [0.1, 0.15) is 22.6 Å². The fourth-order valence-electron chi connectivity index (χ4n) is 1.15. The van der Waals surface area contributed by atoms with Crippen LogP contribution >= 0.6 is 0 Å². The Bertz CT molecular complexity index is 411. The van der Waals surface area contributed by atoms with E-state index >= 15 is 0 Å². The molecule has 6 heteroatoms. The lowest BCUT2D eigenvalue weighted by molar-refractivity contribution is -0.139. The van der Waals surface area contributed by atoms with E-state index in [1.807, 2.05) is 0 Å². The molecule has 1 aromatic heterocycles. The van der Waals surface area contributed by atoms with Gasteiger partial charge in [-0.1, -0.05) is 6.08 Å². The number of H-pyrrole nitrogens is 1. The smallest absolute Gasteiger partial charge is 0.326 e. The number of carbonyl (C=O) groups excluding carboxylic acids is 1. The minimum absolute atomic E-state index is 0.171. The predicted octanol–water partition coefficient (Wildman–Crippen LogP) is 0.477. The van der Waals surface area contributed by atoms with Gasteiger partial charge >= 0.3 is 5.97 Å². The highest BCUT2D eigenvalue weighted by Crippen LogP contribution is 2.00. The van der Waals surface area contributed by atoms with Gasteiger partial charge in [0.25, 0.3) is 5.91 Å². The predicted molar refractivity (Wildman–Crippen MR) is 57.0 cm³/mol. The molecule has 1 heterocycles. The average molecular weight is 223 g/mol. The number of nitrogens with zero attached hydrogens (tertiary/aromatic N) is 1. The van der Waals surface area contributed by atoms with Crippen LogP contribution in [0.5, 0.6) is 0 Å². The molecule has 0 saturated heterocycles. The monoisotopic (exact) mass is 223 g/mol. The molecule has 1 atom stereocenters. The van der Waals surface area contributed by atoms with E-state index in [9.17, 15) is 9.59 Å². The summed E-state index contributed by atoms with van der Waals surface area (Å²) in [6, 6.07) is 0.573. The molecular formula is C10H13N3O3.